The van der Waals surface area contributed by atoms with Gasteiger partial charge in [-0.2, -0.15) is 0 Å². The lowest BCUT2D eigenvalue weighted by atomic mass is 9.95. The first kappa shape index (κ1) is 17.9. The highest BCUT2D eigenvalue weighted by Crippen LogP contribution is 2.45. The van der Waals surface area contributed by atoms with Crippen LogP contribution in [0.15, 0.2) is 54.6 Å². The molecule has 1 amide bonds. The van der Waals surface area contributed by atoms with Gasteiger partial charge in [-0.1, -0.05) is 30.3 Å². The van der Waals surface area contributed by atoms with Gasteiger partial charge >= 0.3 is 0 Å². The SMILES string of the molecule is COc1cccc2[nH]c(C(=O)N3CC(CCl)c4c3cc(O)c3ccccc43)cc12. The van der Waals surface area contributed by atoms with E-state index in [2.05, 4.69) is 4.98 Å². The molecular weight excluding hydrogens is 388 g/mol. The molecule has 2 heterocycles. The Balaban J connectivity index is 1.64. The maximum Gasteiger partial charge on any atom is 0.274 e. The number of amides is 1. The van der Waals surface area contributed by atoms with Crippen molar-refractivity contribution in [1.82, 2.24) is 4.98 Å². The van der Waals surface area contributed by atoms with Crippen LogP contribution in [0.2, 0.25) is 0 Å². The molecule has 4 aromatic rings. The van der Waals surface area contributed by atoms with E-state index < -0.39 is 0 Å². The van der Waals surface area contributed by atoms with Gasteiger partial charge in [0, 0.05) is 40.7 Å². The molecule has 1 aromatic heterocycles. The van der Waals surface area contributed by atoms with E-state index in [1.165, 1.54) is 0 Å². The van der Waals surface area contributed by atoms with Crippen LogP contribution >= 0.6 is 11.6 Å². The minimum atomic E-state index is -0.160. The van der Waals surface area contributed by atoms with Crippen LogP contribution in [0.25, 0.3) is 21.7 Å². The monoisotopic (exact) mass is 406 g/mol. The van der Waals surface area contributed by atoms with Gasteiger partial charge in [0.1, 0.15) is 17.2 Å². The Morgan fingerprint density at radius 2 is 1.97 bits per heavy atom. The standard InChI is InChI=1S/C23H19ClN2O3/c1-29-21-8-4-7-17-16(21)9-18(25-17)23(28)26-12-13(11-24)22-15-6-3-2-5-14(15)20(27)10-19(22)26/h2-10,13,25,27H,11-12H2,1H3. The number of rotatable bonds is 3. The fraction of sp³-hybridized carbons (Fsp3) is 0.174. The molecule has 146 valence electrons. The van der Waals surface area contributed by atoms with Gasteiger partial charge in [-0.3, -0.25) is 4.79 Å². The van der Waals surface area contributed by atoms with Gasteiger partial charge in [-0.05, 0) is 29.1 Å². The van der Waals surface area contributed by atoms with E-state index >= 15 is 0 Å². The van der Waals surface area contributed by atoms with Gasteiger partial charge in [0.2, 0.25) is 0 Å². The number of hydrogen-bond acceptors (Lipinski definition) is 3. The van der Waals surface area contributed by atoms with Crippen molar-refractivity contribution in [3.8, 4) is 11.5 Å². The summed E-state index contributed by atoms with van der Waals surface area (Å²) in [6, 6.07) is 16.8. The first-order chi connectivity index (χ1) is 14.1. The molecule has 2 N–H and O–H groups in total. The molecule has 1 aliphatic rings. The molecule has 0 spiro atoms. The first-order valence-electron chi connectivity index (χ1n) is 9.40. The predicted molar refractivity (Wildman–Crippen MR) is 116 cm³/mol. The molecular formula is C23H19ClN2O3. The van der Waals surface area contributed by atoms with E-state index in [0.717, 1.165) is 27.2 Å². The van der Waals surface area contributed by atoms with Gasteiger partial charge in [-0.25, -0.2) is 0 Å². The third kappa shape index (κ3) is 2.65. The van der Waals surface area contributed by atoms with Crippen molar-refractivity contribution < 1.29 is 14.6 Å². The van der Waals surface area contributed by atoms with Gasteiger partial charge < -0.3 is 19.7 Å². The van der Waals surface area contributed by atoms with E-state index in [4.69, 9.17) is 16.3 Å². The van der Waals surface area contributed by atoms with E-state index in [9.17, 15) is 9.90 Å². The zero-order valence-electron chi connectivity index (χ0n) is 15.8. The highest BCUT2D eigenvalue weighted by Gasteiger charge is 2.35. The molecule has 0 bridgehead atoms. The van der Waals surface area contributed by atoms with E-state index in [1.807, 2.05) is 48.5 Å². The number of benzene rings is 3. The Bertz CT molecular complexity index is 1260. The predicted octanol–water partition coefficient (Wildman–Crippen LogP) is 5.02. The summed E-state index contributed by atoms with van der Waals surface area (Å²) in [5, 5.41) is 13.1. The third-order valence-electron chi connectivity index (χ3n) is 5.65. The first-order valence-corrected chi connectivity index (χ1v) is 9.94. The number of phenols is 1. The molecule has 0 saturated carbocycles. The summed E-state index contributed by atoms with van der Waals surface area (Å²) >= 11 is 6.27. The molecule has 0 saturated heterocycles. The quantitative estimate of drug-likeness (QED) is 0.469. The highest BCUT2D eigenvalue weighted by atomic mass is 35.5. The lowest BCUT2D eigenvalue weighted by Gasteiger charge is -2.17. The number of nitrogens with one attached hydrogen (secondary N) is 1. The van der Waals surface area contributed by atoms with Crippen molar-refractivity contribution in [2.45, 2.75) is 5.92 Å². The van der Waals surface area contributed by atoms with E-state index in [0.29, 0.717) is 29.6 Å². The summed E-state index contributed by atoms with van der Waals surface area (Å²) in [6.07, 6.45) is 0. The summed E-state index contributed by atoms with van der Waals surface area (Å²) in [5.41, 5.74) is 3.03. The number of aromatic hydroxyl groups is 1. The fourth-order valence-electron chi connectivity index (χ4n) is 4.31. The summed E-state index contributed by atoms with van der Waals surface area (Å²) in [5.74, 6) is 1.10. The van der Waals surface area contributed by atoms with Crippen LogP contribution in [0.5, 0.6) is 11.5 Å². The zero-order valence-corrected chi connectivity index (χ0v) is 16.5. The van der Waals surface area contributed by atoms with Crippen LogP contribution in [0.1, 0.15) is 22.0 Å². The summed E-state index contributed by atoms with van der Waals surface area (Å²) < 4.78 is 5.41. The Morgan fingerprint density at radius 3 is 2.72 bits per heavy atom. The number of ether oxygens (including phenoxy) is 1. The van der Waals surface area contributed by atoms with Crippen molar-refractivity contribution in [1.29, 1.82) is 0 Å². The Kier molecular flexibility index (Phi) is 4.14. The molecule has 0 fully saturated rings. The van der Waals surface area contributed by atoms with Crippen LogP contribution in [0.4, 0.5) is 5.69 Å². The lowest BCUT2D eigenvalue weighted by molar-refractivity contribution is 0.0984. The van der Waals surface area contributed by atoms with Crippen LogP contribution in [-0.2, 0) is 0 Å². The number of anilines is 1. The number of aromatic nitrogens is 1. The maximum atomic E-state index is 13.4. The number of H-pyrrole nitrogens is 1. The number of phenolic OH excluding ortho intramolecular Hbond substituents is 1. The number of nitrogens with zero attached hydrogens (tertiary/aromatic N) is 1. The van der Waals surface area contributed by atoms with E-state index in [-0.39, 0.29) is 17.6 Å². The maximum absolute atomic E-state index is 13.4. The van der Waals surface area contributed by atoms with Crippen LogP contribution in [0, 0.1) is 0 Å². The van der Waals surface area contributed by atoms with Crippen LogP contribution in [-0.4, -0.2) is 35.5 Å². The summed E-state index contributed by atoms with van der Waals surface area (Å²) in [7, 11) is 1.61. The van der Waals surface area contributed by atoms with Gasteiger partial charge in [0.25, 0.3) is 5.91 Å². The van der Waals surface area contributed by atoms with Crippen LogP contribution < -0.4 is 9.64 Å². The van der Waals surface area contributed by atoms with Crippen molar-refractivity contribution in [3.05, 3.63) is 65.9 Å². The average Bonchev–Trinajstić information content (AvgIpc) is 3.35. The molecule has 5 nitrogen and oxygen atoms in total. The number of carbonyl (C=O) groups excluding carboxylic acids is 1. The third-order valence-corrected chi connectivity index (χ3v) is 6.02. The molecule has 29 heavy (non-hydrogen) atoms. The lowest BCUT2D eigenvalue weighted by Crippen LogP contribution is -2.30. The van der Waals surface area contributed by atoms with Crippen molar-refractivity contribution in [3.63, 3.8) is 0 Å². The Morgan fingerprint density at radius 1 is 1.17 bits per heavy atom. The molecule has 1 atom stereocenters. The van der Waals surface area contributed by atoms with Crippen LogP contribution in [0.3, 0.4) is 0 Å². The Labute approximate surface area is 172 Å². The van der Waals surface area contributed by atoms with Gasteiger partial charge in [0.15, 0.2) is 0 Å². The normalized spacial score (nSPS) is 15.8. The second-order valence-electron chi connectivity index (χ2n) is 7.25. The summed E-state index contributed by atoms with van der Waals surface area (Å²) in [6.45, 7) is 0.470. The van der Waals surface area contributed by atoms with Gasteiger partial charge in [0.05, 0.1) is 12.8 Å². The number of carbonyl (C=O) groups is 1. The Hall–Kier alpha value is -3.18. The number of aromatic amines is 1. The minimum Gasteiger partial charge on any atom is -0.507 e. The number of methoxy groups -OCH3 is 1. The number of hydrogen-bond donors (Lipinski definition) is 2. The molecule has 6 heteroatoms. The zero-order chi connectivity index (χ0) is 20.1. The number of alkyl halides is 1. The number of halogens is 1. The minimum absolute atomic E-state index is 0.0000288. The summed E-state index contributed by atoms with van der Waals surface area (Å²) in [4.78, 5) is 18.3. The second kappa shape index (κ2) is 6.71. The molecule has 3 aromatic carbocycles. The smallest absolute Gasteiger partial charge is 0.274 e. The molecule has 1 aliphatic heterocycles. The molecule has 5 rings (SSSR count). The molecule has 1 unspecified atom stereocenters. The fourth-order valence-corrected chi connectivity index (χ4v) is 4.56. The largest absolute Gasteiger partial charge is 0.507 e. The van der Waals surface area contributed by atoms with Crippen molar-refractivity contribution in [2.24, 2.45) is 0 Å². The topological polar surface area (TPSA) is 65.6 Å². The van der Waals surface area contributed by atoms with Crippen molar-refractivity contribution in [2.75, 3.05) is 24.4 Å². The van der Waals surface area contributed by atoms with E-state index in [1.54, 1.807) is 18.1 Å². The molecule has 0 radical (unpaired) electrons. The highest BCUT2D eigenvalue weighted by molar-refractivity contribution is 6.19. The van der Waals surface area contributed by atoms with Gasteiger partial charge in [-0.15, -0.1) is 11.6 Å². The number of fused-ring (bicyclic) bond motifs is 4. The molecule has 0 aliphatic carbocycles. The average molecular weight is 407 g/mol. The second-order valence-corrected chi connectivity index (χ2v) is 7.55. The van der Waals surface area contributed by atoms with Crippen molar-refractivity contribution >= 4 is 44.9 Å².